The van der Waals surface area contributed by atoms with E-state index < -0.39 is 0 Å². The molecule has 2 aromatic carbocycles. The molecule has 4 aliphatic carbocycles. The molecule has 0 spiro atoms. The lowest BCUT2D eigenvalue weighted by molar-refractivity contribution is -0.0920. The van der Waals surface area contributed by atoms with Crippen molar-refractivity contribution < 1.29 is 0 Å². The molecule has 0 heterocycles. The summed E-state index contributed by atoms with van der Waals surface area (Å²) in [6.45, 7) is 2.45. The van der Waals surface area contributed by atoms with E-state index in [-0.39, 0.29) is 0 Å². The lowest BCUT2D eigenvalue weighted by Gasteiger charge is -2.67. The number of hydrogen-bond donors (Lipinski definition) is 0. The van der Waals surface area contributed by atoms with E-state index in [1.807, 2.05) is 0 Å². The Labute approximate surface area is 146 Å². The predicted molar refractivity (Wildman–Crippen MR) is 100 cm³/mol. The van der Waals surface area contributed by atoms with Crippen molar-refractivity contribution in [3.8, 4) is 0 Å². The van der Waals surface area contributed by atoms with Gasteiger partial charge in [0.15, 0.2) is 0 Å². The van der Waals surface area contributed by atoms with E-state index in [4.69, 9.17) is 0 Å². The molecule has 4 saturated carbocycles. The van der Waals surface area contributed by atoms with Crippen LogP contribution in [0.1, 0.15) is 63.0 Å². The molecule has 0 nitrogen and oxygen atoms in total. The minimum absolute atomic E-state index is 0.423. The number of benzene rings is 2. The first kappa shape index (κ1) is 14.8. The van der Waals surface area contributed by atoms with Crippen molar-refractivity contribution in [3.63, 3.8) is 0 Å². The van der Waals surface area contributed by atoms with Gasteiger partial charge in [-0.25, -0.2) is 0 Å². The zero-order valence-electron chi connectivity index (χ0n) is 14.8. The van der Waals surface area contributed by atoms with E-state index in [0.717, 1.165) is 5.92 Å². The van der Waals surface area contributed by atoms with E-state index in [9.17, 15) is 0 Å². The van der Waals surface area contributed by atoms with Crippen molar-refractivity contribution in [2.24, 2.45) is 11.3 Å². The van der Waals surface area contributed by atoms with Gasteiger partial charge in [-0.1, -0.05) is 74.0 Å². The monoisotopic (exact) mass is 316 g/mol. The van der Waals surface area contributed by atoms with E-state index >= 15 is 0 Å². The van der Waals surface area contributed by atoms with Crippen molar-refractivity contribution in [2.45, 2.75) is 62.7 Å². The molecule has 0 saturated heterocycles. The molecule has 0 aliphatic heterocycles. The van der Waals surface area contributed by atoms with Crippen LogP contribution in [0.4, 0.5) is 0 Å². The molecule has 24 heavy (non-hydrogen) atoms. The third-order valence-electron chi connectivity index (χ3n) is 7.71. The first-order chi connectivity index (χ1) is 11.7. The summed E-state index contributed by atoms with van der Waals surface area (Å²) in [5.74, 6) is 0.918. The lowest BCUT2D eigenvalue weighted by Crippen LogP contribution is -2.60. The zero-order chi connectivity index (χ0) is 16.3. The summed E-state index contributed by atoms with van der Waals surface area (Å²) in [6, 6.07) is 23.0. The summed E-state index contributed by atoms with van der Waals surface area (Å²) < 4.78 is 0. The van der Waals surface area contributed by atoms with Crippen molar-refractivity contribution in [3.05, 3.63) is 71.8 Å². The SMILES string of the molecule is CCC12CC3CC(c4ccccc4)(C1)CC(c1ccccc1)(C3)C2. The molecule has 0 aromatic heterocycles. The highest BCUT2D eigenvalue weighted by Gasteiger charge is 2.63. The molecule has 0 N–H and O–H groups in total. The molecule has 0 amide bonds. The summed E-state index contributed by atoms with van der Waals surface area (Å²) in [5.41, 5.74) is 4.66. The van der Waals surface area contributed by atoms with Crippen LogP contribution in [0.25, 0.3) is 0 Å². The average molecular weight is 316 g/mol. The Morgan fingerprint density at radius 3 is 1.67 bits per heavy atom. The van der Waals surface area contributed by atoms with E-state index in [1.165, 1.54) is 44.9 Å². The number of hydrogen-bond acceptors (Lipinski definition) is 0. The minimum atomic E-state index is 0.423. The third-order valence-corrected chi connectivity index (χ3v) is 7.71. The van der Waals surface area contributed by atoms with Crippen LogP contribution in [-0.2, 0) is 10.8 Å². The highest BCUT2D eigenvalue weighted by atomic mass is 14.7. The van der Waals surface area contributed by atoms with Crippen LogP contribution in [-0.4, -0.2) is 0 Å². The van der Waals surface area contributed by atoms with Crippen LogP contribution in [0, 0.1) is 11.3 Å². The second-order valence-electron chi connectivity index (χ2n) is 9.15. The molecule has 2 unspecified atom stereocenters. The molecule has 0 heteroatoms. The van der Waals surface area contributed by atoms with Crippen LogP contribution < -0.4 is 0 Å². The Morgan fingerprint density at radius 2 is 1.21 bits per heavy atom. The molecule has 4 aliphatic rings. The fraction of sp³-hybridized carbons (Fsp3) is 0.500. The van der Waals surface area contributed by atoms with Crippen molar-refractivity contribution in [2.75, 3.05) is 0 Å². The van der Waals surface area contributed by atoms with Crippen LogP contribution in [0.2, 0.25) is 0 Å². The van der Waals surface area contributed by atoms with Crippen LogP contribution in [0.15, 0.2) is 60.7 Å². The third kappa shape index (κ3) is 1.98. The number of rotatable bonds is 3. The van der Waals surface area contributed by atoms with E-state index in [0.29, 0.717) is 16.2 Å². The molecule has 6 rings (SSSR count). The fourth-order valence-electron chi connectivity index (χ4n) is 7.26. The summed E-state index contributed by atoms with van der Waals surface area (Å²) in [7, 11) is 0. The highest BCUT2D eigenvalue weighted by Crippen LogP contribution is 2.71. The summed E-state index contributed by atoms with van der Waals surface area (Å²) in [4.78, 5) is 0. The maximum atomic E-state index is 2.45. The van der Waals surface area contributed by atoms with Crippen molar-refractivity contribution in [1.82, 2.24) is 0 Å². The average Bonchev–Trinajstić information content (AvgIpc) is 2.62. The van der Waals surface area contributed by atoms with Crippen molar-refractivity contribution >= 4 is 0 Å². The molecule has 4 fully saturated rings. The molecule has 4 bridgehead atoms. The van der Waals surface area contributed by atoms with Gasteiger partial charge in [0, 0.05) is 0 Å². The quantitative estimate of drug-likeness (QED) is 0.627. The summed E-state index contributed by atoms with van der Waals surface area (Å²) in [5, 5.41) is 0. The van der Waals surface area contributed by atoms with Gasteiger partial charge in [-0.3, -0.25) is 0 Å². The van der Waals surface area contributed by atoms with E-state index in [1.54, 1.807) is 11.1 Å². The molecular weight excluding hydrogens is 288 g/mol. The van der Waals surface area contributed by atoms with Crippen LogP contribution >= 0.6 is 0 Å². The molecule has 2 aromatic rings. The zero-order valence-corrected chi connectivity index (χ0v) is 14.8. The van der Waals surface area contributed by atoms with Gasteiger partial charge in [-0.15, -0.1) is 0 Å². The topological polar surface area (TPSA) is 0 Å². The molecule has 124 valence electrons. The Balaban J connectivity index is 1.67. The second kappa shape index (κ2) is 4.97. The van der Waals surface area contributed by atoms with Gasteiger partial charge in [0.1, 0.15) is 0 Å². The lowest BCUT2D eigenvalue weighted by atomic mass is 9.37. The first-order valence-corrected chi connectivity index (χ1v) is 9.79. The standard InChI is InChI=1S/C24H28/c1-2-22-13-19-14-23(16-22,20-9-5-3-6-10-20)18-24(15-19,17-22)21-11-7-4-8-12-21/h3-12,19H,2,13-18H2,1H3. The molecule has 2 atom stereocenters. The maximum absolute atomic E-state index is 2.45. The van der Waals surface area contributed by atoms with Gasteiger partial charge in [0.25, 0.3) is 0 Å². The van der Waals surface area contributed by atoms with Crippen LogP contribution in [0.5, 0.6) is 0 Å². The Morgan fingerprint density at radius 1 is 0.708 bits per heavy atom. The molecular formula is C24H28. The van der Waals surface area contributed by atoms with Gasteiger partial charge >= 0.3 is 0 Å². The second-order valence-corrected chi connectivity index (χ2v) is 9.15. The van der Waals surface area contributed by atoms with Crippen LogP contribution in [0.3, 0.4) is 0 Å². The Hall–Kier alpha value is -1.56. The van der Waals surface area contributed by atoms with Crippen molar-refractivity contribution in [1.29, 1.82) is 0 Å². The van der Waals surface area contributed by atoms with Gasteiger partial charge in [-0.05, 0) is 71.8 Å². The largest absolute Gasteiger partial charge is 0.0649 e. The smallest absolute Gasteiger partial charge is 0.00306 e. The van der Waals surface area contributed by atoms with Gasteiger partial charge in [0.2, 0.25) is 0 Å². The molecule has 0 radical (unpaired) electrons. The van der Waals surface area contributed by atoms with Gasteiger partial charge < -0.3 is 0 Å². The van der Waals surface area contributed by atoms with Gasteiger partial charge in [-0.2, -0.15) is 0 Å². The highest BCUT2D eigenvalue weighted by molar-refractivity contribution is 5.38. The fourth-order valence-corrected chi connectivity index (χ4v) is 7.26. The van der Waals surface area contributed by atoms with Gasteiger partial charge in [0.05, 0.1) is 0 Å². The maximum Gasteiger partial charge on any atom is -0.00306 e. The minimum Gasteiger partial charge on any atom is -0.0649 e. The predicted octanol–water partition coefficient (Wildman–Crippen LogP) is 6.26. The Kier molecular flexibility index (Phi) is 3.06. The van der Waals surface area contributed by atoms with E-state index in [2.05, 4.69) is 67.6 Å². The normalized spacial score (nSPS) is 40.0. The summed E-state index contributed by atoms with van der Waals surface area (Å²) in [6.07, 6.45) is 9.89. The summed E-state index contributed by atoms with van der Waals surface area (Å²) >= 11 is 0. The Bertz CT molecular complexity index is 674. The first-order valence-electron chi connectivity index (χ1n) is 9.79.